The van der Waals surface area contributed by atoms with Crippen LogP contribution in [-0.4, -0.2) is 24.5 Å². The van der Waals surface area contributed by atoms with E-state index in [4.69, 9.17) is 4.74 Å². The third kappa shape index (κ3) is 6.45. The van der Waals surface area contributed by atoms with Crippen LogP contribution in [0.4, 0.5) is 4.79 Å². The topological polar surface area (TPSA) is 84.5 Å². The predicted molar refractivity (Wildman–Crippen MR) is 89.0 cm³/mol. The quantitative estimate of drug-likeness (QED) is 0.619. The van der Waals surface area contributed by atoms with Gasteiger partial charge in [0.2, 0.25) is 0 Å². The number of nitrogens with one attached hydrogen (secondary N) is 2. The fourth-order valence-corrected chi connectivity index (χ4v) is 2.77. The van der Waals surface area contributed by atoms with Crippen molar-refractivity contribution in [3.05, 3.63) is 50.9 Å². The van der Waals surface area contributed by atoms with Crippen LogP contribution in [0.3, 0.4) is 0 Å². The van der Waals surface area contributed by atoms with Crippen molar-refractivity contribution in [2.45, 2.75) is 6.54 Å². The molecule has 2 aromatic rings. The van der Waals surface area contributed by atoms with Gasteiger partial charge in [0.15, 0.2) is 6.61 Å². The Labute approximate surface area is 140 Å². The van der Waals surface area contributed by atoms with E-state index in [1.54, 1.807) is 6.08 Å². The van der Waals surface area contributed by atoms with Gasteiger partial charge in [0.1, 0.15) is 0 Å². The lowest BCUT2D eigenvalue weighted by Crippen LogP contribution is -2.40. The van der Waals surface area contributed by atoms with Crippen molar-refractivity contribution in [3.63, 3.8) is 0 Å². The first-order valence-electron chi connectivity index (χ1n) is 6.62. The standard InChI is InChI=1S/C15H14N2O4S2/c18-13(17-15(20)16-9-12-4-2-8-23-12)10-21-14(19)6-5-11-3-1-7-22-11/h1-8H,9-10H2,(H2,16,17,18,20)/b6-5+. The maximum Gasteiger partial charge on any atom is 0.331 e. The summed E-state index contributed by atoms with van der Waals surface area (Å²) in [7, 11) is 0. The molecule has 0 saturated carbocycles. The van der Waals surface area contributed by atoms with Crippen molar-refractivity contribution >= 4 is 46.7 Å². The zero-order chi connectivity index (χ0) is 16.5. The largest absolute Gasteiger partial charge is 0.452 e. The van der Waals surface area contributed by atoms with E-state index in [1.165, 1.54) is 28.7 Å². The van der Waals surface area contributed by atoms with Crippen LogP contribution in [0.1, 0.15) is 9.75 Å². The van der Waals surface area contributed by atoms with Gasteiger partial charge in [-0.15, -0.1) is 22.7 Å². The minimum atomic E-state index is -0.688. The Morgan fingerprint density at radius 3 is 2.61 bits per heavy atom. The number of carbonyl (C=O) groups excluding carboxylic acids is 3. The first-order valence-corrected chi connectivity index (χ1v) is 8.38. The Bertz CT molecular complexity index is 678. The van der Waals surface area contributed by atoms with Crippen LogP contribution in [-0.2, 0) is 20.9 Å². The highest BCUT2D eigenvalue weighted by molar-refractivity contribution is 7.10. The van der Waals surface area contributed by atoms with Gasteiger partial charge in [-0.3, -0.25) is 10.1 Å². The predicted octanol–water partition coefficient (Wildman–Crippen LogP) is 2.39. The molecular weight excluding hydrogens is 336 g/mol. The van der Waals surface area contributed by atoms with Crippen LogP contribution in [0.5, 0.6) is 0 Å². The number of ether oxygens (including phenoxy) is 1. The van der Waals surface area contributed by atoms with Crippen molar-refractivity contribution in [2.24, 2.45) is 0 Å². The summed E-state index contributed by atoms with van der Waals surface area (Å²) >= 11 is 2.97. The van der Waals surface area contributed by atoms with Crippen molar-refractivity contribution < 1.29 is 19.1 Å². The molecule has 0 aromatic carbocycles. The second-order valence-corrected chi connectivity index (χ2v) is 6.28. The number of thiophene rings is 2. The summed E-state index contributed by atoms with van der Waals surface area (Å²) in [5.41, 5.74) is 0. The average Bonchev–Trinajstić information content (AvgIpc) is 3.22. The highest BCUT2D eigenvalue weighted by atomic mass is 32.1. The molecule has 3 amide bonds. The number of urea groups is 1. The Balaban J connectivity index is 1.64. The van der Waals surface area contributed by atoms with E-state index in [2.05, 4.69) is 10.6 Å². The fraction of sp³-hybridized carbons (Fsp3) is 0.133. The van der Waals surface area contributed by atoms with E-state index < -0.39 is 24.5 Å². The van der Waals surface area contributed by atoms with Crippen LogP contribution < -0.4 is 10.6 Å². The molecule has 6 nitrogen and oxygen atoms in total. The summed E-state index contributed by atoms with van der Waals surface area (Å²) in [4.78, 5) is 36.3. The number of hydrogen-bond donors (Lipinski definition) is 2. The SMILES string of the molecule is O=C(COC(=O)/C=C/c1cccs1)NC(=O)NCc1cccs1. The molecule has 0 fully saturated rings. The van der Waals surface area contributed by atoms with E-state index in [0.29, 0.717) is 6.54 Å². The maximum absolute atomic E-state index is 11.5. The molecule has 120 valence electrons. The van der Waals surface area contributed by atoms with Gasteiger partial charge in [0.25, 0.3) is 5.91 Å². The van der Waals surface area contributed by atoms with Gasteiger partial charge in [-0.05, 0) is 29.0 Å². The number of rotatable bonds is 6. The van der Waals surface area contributed by atoms with Crippen molar-refractivity contribution in [1.29, 1.82) is 0 Å². The van der Waals surface area contributed by atoms with Crippen LogP contribution in [0.25, 0.3) is 6.08 Å². The summed E-state index contributed by atoms with van der Waals surface area (Å²) in [5, 5.41) is 8.39. The number of esters is 1. The van der Waals surface area contributed by atoms with Gasteiger partial charge in [-0.2, -0.15) is 0 Å². The number of amides is 3. The van der Waals surface area contributed by atoms with Crippen LogP contribution in [0.15, 0.2) is 41.1 Å². The summed E-state index contributed by atoms with van der Waals surface area (Å²) in [5.74, 6) is -1.33. The molecule has 0 radical (unpaired) electrons. The van der Waals surface area contributed by atoms with E-state index in [1.807, 2.05) is 35.0 Å². The molecule has 2 heterocycles. The molecule has 0 unspecified atom stereocenters. The molecule has 0 atom stereocenters. The van der Waals surface area contributed by atoms with Crippen molar-refractivity contribution in [1.82, 2.24) is 10.6 Å². The number of carbonyl (C=O) groups is 3. The normalized spacial score (nSPS) is 10.4. The first-order chi connectivity index (χ1) is 11.1. The maximum atomic E-state index is 11.5. The highest BCUT2D eigenvalue weighted by Crippen LogP contribution is 2.10. The monoisotopic (exact) mass is 350 g/mol. The average molecular weight is 350 g/mol. The third-order valence-corrected chi connectivity index (χ3v) is 4.24. The molecule has 2 aromatic heterocycles. The molecule has 2 rings (SSSR count). The summed E-state index contributed by atoms with van der Waals surface area (Å²) in [6, 6.07) is 6.81. The lowest BCUT2D eigenvalue weighted by Gasteiger charge is -2.05. The van der Waals surface area contributed by atoms with Gasteiger partial charge in [-0.1, -0.05) is 12.1 Å². The van der Waals surface area contributed by atoms with E-state index in [9.17, 15) is 14.4 Å². The summed E-state index contributed by atoms with van der Waals surface area (Å²) in [6.07, 6.45) is 2.83. The van der Waals surface area contributed by atoms with Crippen LogP contribution in [0, 0.1) is 0 Å². The Morgan fingerprint density at radius 1 is 1.13 bits per heavy atom. The summed E-state index contributed by atoms with van der Waals surface area (Å²) in [6.45, 7) is -0.180. The molecule has 0 bridgehead atoms. The lowest BCUT2D eigenvalue weighted by atomic mass is 10.4. The van der Waals surface area contributed by atoms with E-state index in [0.717, 1.165) is 9.75 Å². The minimum absolute atomic E-state index is 0.333. The van der Waals surface area contributed by atoms with Gasteiger partial charge < -0.3 is 10.1 Å². The molecule has 0 saturated heterocycles. The minimum Gasteiger partial charge on any atom is -0.452 e. The number of imide groups is 1. The molecule has 8 heteroatoms. The van der Waals surface area contributed by atoms with Crippen LogP contribution in [0.2, 0.25) is 0 Å². The Hall–Kier alpha value is -2.45. The lowest BCUT2D eigenvalue weighted by molar-refractivity contribution is -0.143. The summed E-state index contributed by atoms with van der Waals surface area (Å²) < 4.78 is 4.74. The van der Waals surface area contributed by atoms with Crippen LogP contribution >= 0.6 is 22.7 Å². The zero-order valence-electron chi connectivity index (χ0n) is 12.0. The smallest absolute Gasteiger partial charge is 0.331 e. The fourth-order valence-electron chi connectivity index (χ4n) is 1.51. The van der Waals surface area contributed by atoms with Crippen molar-refractivity contribution in [3.8, 4) is 0 Å². The number of hydrogen-bond acceptors (Lipinski definition) is 6. The highest BCUT2D eigenvalue weighted by Gasteiger charge is 2.09. The second-order valence-electron chi connectivity index (χ2n) is 4.27. The molecular formula is C15H14N2O4S2. The molecule has 2 N–H and O–H groups in total. The Kier molecular flexibility index (Phi) is 6.52. The third-order valence-electron chi connectivity index (χ3n) is 2.53. The molecule has 0 aliphatic heterocycles. The molecule has 0 aliphatic rings. The first kappa shape index (κ1) is 16.9. The molecule has 0 aliphatic carbocycles. The van der Waals surface area contributed by atoms with Gasteiger partial charge in [-0.25, -0.2) is 9.59 Å². The second kappa shape index (κ2) is 8.86. The van der Waals surface area contributed by atoms with E-state index in [-0.39, 0.29) is 0 Å². The molecule has 23 heavy (non-hydrogen) atoms. The van der Waals surface area contributed by atoms with E-state index >= 15 is 0 Å². The van der Waals surface area contributed by atoms with Gasteiger partial charge in [0.05, 0.1) is 6.54 Å². The zero-order valence-corrected chi connectivity index (χ0v) is 13.6. The van der Waals surface area contributed by atoms with Crippen molar-refractivity contribution in [2.75, 3.05) is 6.61 Å². The molecule has 0 spiro atoms. The van der Waals surface area contributed by atoms with Gasteiger partial charge in [0, 0.05) is 15.8 Å². The Morgan fingerprint density at radius 2 is 1.91 bits per heavy atom. The van der Waals surface area contributed by atoms with Gasteiger partial charge >= 0.3 is 12.0 Å².